The Bertz CT molecular complexity index is 1170. The van der Waals surface area contributed by atoms with Gasteiger partial charge in [0.15, 0.2) is 5.16 Å². The molecule has 2 aromatic heterocycles. The predicted octanol–water partition coefficient (Wildman–Crippen LogP) is 4.99. The number of hydrogen-bond acceptors (Lipinski definition) is 5. The molecule has 1 amide bonds. The molecule has 4 rings (SSSR count). The van der Waals surface area contributed by atoms with Crippen molar-refractivity contribution in [2.24, 2.45) is 0 Å². The van der Waals surface area contributed by atoms with E-state index in [0.717, 1.165) is 38.6 Å². The number of nitrogens with zero attached hydrogens (tertiary/aromatic N) is 2. The minimum absolute atomic E-state index is 0.196. The number of rotatable bonds is 5. The summed E-state index contributed by atoms with van der Waals surface area (Å²) in [4.78, 5) is 25.6. The Morgan fingerprint density at radius 1 is 1.00 bits per heavy atom. The fraction of sp³-hybridized carbons (Fsp3) is 0.136. The maximum absolute atomic E-state index is 12.6. The van der Waals surface area contributed by atoms with Crippen molar-refractivity contribution in [1.29, 1.82) is 0 Å². The van der Waals surface area contributed by atoms with Crippen LogP contribution in [0.5, 0.6) is 5.75 Å². The molecule has 2 aromatic carbocycles. The van der Waals surface area contributed by atoms with Crippen LogP contribution in [0, 0.1) is 13.8 Å². The van der Waals surface area contributed by atoms with E-state index in [0.29, 0.717) is 10.9 Å². The van der Waals surface area contributed by atoms with Crippen LogP contribution in [0.3, 0.4) is 0 Å². The van der Waals surface area contributed by atoms with E-state index in [4.69, 9.17) is 4.74 Å². The number of hydrogen-bond donors (Lipinski definition) is 2. The number of anilines is 1. The van der Waals surface area contributed by atoms with Crippen molar-refractivity contribution in [2.75, 3.05) is 12.4 Å². The van der Waals surface area contributed by atoms with Crippen molar-refractivity contribution < 1.29 is 9.53 Å². The SMILES string of the molecule is COc1ccc2cc(C(=O)Nc3ccc(Sc4nc(C)cc(C)n4)cc3)[nH]c2c1. The first-order chi connectivity index (χ1) is 14.0. The van der Waals surface area contributed by atoms with Gasteiger partial charge < -0.3 is 15.0 Å². The Labute approximate surface area is 172 Å². The molecule has 6 nitrogen and oxygen atoms in total. The molecule has 146 valence electrons. The molecular formula is C22H20N4O2S. The summed E-state index contributed by atoms with van der Waals surface area (Å²) in [7, 11) is 1.62. The first kappa shape index (κ1) is 19.0. The Morgan fingerprint density at radius 2 is 1.72 bits per heavy atom. The average molecular weight is 404 g/mol. The molecule has 0 aliphatic rings. The van der Waals surface area contributed by atoms with Gasteiger partial charge in [0.25, 0.3) is 5.91 Å². The fourth-order valence-electron chi connectivity index (χ4n) is 3.00. The van der Waals surface area contributed by atoms with Crippen molar-refractivity contribution in [1.82, 2.24) is 15.0 Å². The molecule has 29 heavy (non-hydrogen) atoms. The first-order valence-electron chi connectivity index (χ1n) is 9.08. The maximum atomic E-state index is 12.6. The fourth-order valence-corrected chi connectivity index (χ4v) is 3.87. The van der Waals surface area contributed by atoms with Crippen LogP contribution in [-0.2, 0) is 0 Å². The summed E-state index contributed by atoms with van der Waals surface area (Å²) < 4.78 is 5.22. The van der Waals surface area contributed by atoms with Crippen LogP contribution in [0.25, 0.3) is 10.9 Å². The number of aromatic nitrogens is 3. The van der Waals surface area contributed by atoms with E-state index >= 15 is 0 Å². The van der Waals surface area contributed by atoms with Crippen molar-refractivity contribution >= 4 is 34.3 Å². The van der Waals surface area contributed by atoms with Gasteiger partial charge in [-0.15, -0.1) is 0 Å². The van der Waals surface area contributed by atoms with Crippen LogP contribution >= 0.6 is 11.8 Å². The number of amides is 1. The van der Waals surface area contributed by atoms with E-state index in [1.54, 1.807) is 7.11 Å². The summed E-state index contributed by atoms with van der Waals surface area (Å²) in [6.45, 7) is 3.91. The van der Waals surface area contributed by atoms with E-state index in [9.17, 15) is 4.79 Å². The Morgan fingerprint density at radius 3 is 2.41 bits per heavy atom. The number of ether oxygens (including phenoxy) is 1. The average Bonchev–Trinajstić information content (AvgIpc) is 3.12. The van der Waals surface area contributed by atoms with Crippen LogP contribution < -0.4 is 10.1 Å². The summed E-state index contributed by atoms with van der Waals surface area (Å²) in [6, 6.07) is 17.1. The minimum atomic E-state index is -0.196. The number of aryl methyl sites for hydroxylation is 2. The topological polar surface area (TPSA) is 79.9 Å². The number of methoxy groups -OCH3 is 1. The standard InChI is InChI=1S/C22H20N4O2S/c1-13-10-14(2)24-22(23-13)29-18-8-5-16(6-9-18)25-21(27)20-11-15-4-7-17(28-3)12-19(15)26-20/h4-12,26H,1-3H3,(H,25,27). The van der Waals surface area contributed by atoms with Gasteiger partial charge >= 0.3 is 0 Å². The van der Waals surface area contributed by atoms with Gasteiger partial charge in [0.1, 0.15) is 11.4 Å². The van der Waals surface area contributed by atoms with Crippen LogP contribution in [0.1, 0.15) is 21.9 Å². The molecular weight excluding hydrogens is 384 g/mol. The van der Waals surface area contributed by atoms with Gasteiger partial charge in [0.2, 0.25) is 0 Å². The highest BCUT2D eigenvalue weighted by Gasteiger charge is 2.11. The van der Waals surface area contributed by atoms with Gasteiger partial charge in [-0.3, -0.25) is 4.79 Å². The summed E-state index contributed by atoms with van der Waals surface area (Å²) in [5, 5.41) is 4.59. The van der Waals surface area contributed by atoms with Crippen molar-refractivity contribution in [3.8, 4) is 5.75 Å². The van der Waals surface area contributed by atoms with Crippen LogP contribution in [-0.4, -0.2) is 28.0 Å². The second-order valence-corrected chi connectivity index (χ2v) is 7.69. The minimum Gasteiger partial charge on any atom is -0.497 e. The lowest BCUT2D eigenvalue weighted by atomic mass is 10.2. The molecule has 4 aromatic rings. The third-order valence-corrected chi connectivity index (χ3v) is 5.23. The van der Waals surface area contributed by atoms with E-state index in [2.05, 4.69) is 20.3 Å². The summed E-state index contributed by atoms with van der Waals surface area (Å²) >= 11 is 1.49. The Hall–Kier alpha value is -3.32. The third kappa shape index (κ3) is 4.41. The molecule has 2 N–H and O–H groups in total. The lowest BCUT2D eigenvalue weighted by molar-refractivity contribution is 0.102. The van der Waals surface area contributed by atoms with Crippen LogP contribution in [0.2, 0.25) is 0 Å². The highest BCUT2D eigenvalue weighted by molar-refractivity contribution is 7.99. The number of aromatic amines is 1. The largest absolute Gasteiger partial charge is 0.497 e. The van der Waals surface area contributed by atoms with Gasteiger partial charge in [0, 0.05) is 38.9 Å². The van der Waals surface area contributed by atoms with Gasteiger partial charge in [-0.25, -0.2) is 9.97 Å². The highest BCUT2D eigenvalue weighted by atomic mass is 32.2. The summed E-state index contributed by atoms with van der Waals surface area (Å²) in [5.41, 5.74) is 3.96. The lowest BCUT2D eigenvalue weighted by Crippen LogP contribution is -2.12. The van der Waals surface area contributed by atoms with E-state index in [1.165, 1.54) is 11.8 Å². The quantitative estimate of drug-likeness (QED) is 0.458. The maximum Gasteiger partial charge on any atom is 0.272 e. The van der Waals surface area contributed by atoms with Gasteiger partial charge in [0.05, 0.1) is 7.11 Å². The summed E-state index contributed by atoms with van der Waals surface area (Å²) in [5.74, 6) is 0.547. The van der Waals surface area contributed by atoms with E-state index in [-0.39, 0.29) is 5.91 Å². The molecule has 0 unspecified atom stereocenters. The summed E-state index contributed by atoms with van der Waals surface area (Å²) in [6.07, 6.45) is 0. The number of H-pyrrole nitrogens is 1. The monoisotopic (exact) mass is 404 g/mol. The normalized spacial score (nSPS) is 10.9. The smallest absolute Gasteiger partial charge is 0.272 e. The van der Waals surface area contributed by atoms with E-state index < -0.39 is 0 Å². The van der Waals surface area contributed by atoms with E-state index in [1.807, 2.05) is 68.4 Å². The third-order valence-electron chi connectivity index (χ3n) is 4.36. The predicted molar refractivity (Wildman–Crippen MR) is 115 cm³/mol. The molecule has 0 fully saturated rings. The number of benzene rings is 2. The van der Waals surface area contributed by atoms with Crippen LogP contribution in [0.4, 0.5) is 5.69 Å². The van der Waals surface area contributed by atoms with Crippen molar-refractivity contribution in [2.45, 2.75) is 23.9 Å². The molecule has 0 atom stereocenters. The van der Waals surface area contributed by atoms with Gasteiger partial charge in [-0.05, 0) is 74.1 Å². The van der Waals surface area contributed by atoms with Crippen molar-refractivity contribution in [3.05, 3.63) is 71.7 Å². The molecule has 7 heteroatoms. The van der Waals surface area contributed by atoms with Crippen LogP contribution in [0.15, 0.2) is 64.6 Å². The molecule has 0 aliphatic carbocycles. The number of fused-ring (bicyclic) bond motifs is 1. The number of nitrogens with one attached hydrogen (secondary N) is 2. The Kier molecular flexibility index (Phi) is 5.22. The van der Waals surface area contributed by atoms with Gasteiger partial charge in [-0.1, -0.05) is 0 Å². The Balaban J connectivity index is 1.46. The number of carbonyl (C=O) groups is 1. The molecule has 0 spiro atoms. The molecule has 2 heterocycles. The second-order valence-electron chi connectivity index (χ2n) is 6.65. The highest BCUT2D eigenvalue weighted by Crippen LogP contribution is 2.27. The molecule has 0 saturated carbocycles. The number of carbonyl (C=O) groups excluding carboxylic acids is 1. The lowest BCUT2D eigenvalue weighted by Gasteiger charge is -2.06. The first-order valence-corrected chi connectivity index (χ1v) is 9.90. The van der Waals surface area contributed by atoms with Gasteiger partial charge in [-0.2, -0.15) is 0 Å². The van der Waals surface area contributed by atoms with Crippen molar-refractivity contribution in [3.63, 3.8) is 0 Å². The molecule has 0 aliphatic heterocycles. The molecule has 0 saturated heterocycles. The zero-order valence-corrected chi connectivity index (χ0v) is 17.1. The molecule has 0 bridgehead atoms. The zero-order chi connectivity index (χ0) is 20.4. The second kappa shape index (κ2) is 7.97. The zero-order valence-electron chi connectivity index (χ0n) is 16.3. The molecule has 0 radical (unpaired) electrons.